The molecule has 4 rings (SSSR count). The zero-order valence-corrected chi connectivity index (χ0v) is 19.1. The smallest absolute Gasteiger partial charge is 0.243 e. The number of piperidine rings is 1. The van der Waals surface area contributed by atoms with Crippen LogP contribution in [0.2, 0.25) is 0 Å². The molecule has 2 heterocycles. The number of carbonyl (C=O) groups excluding carboxylic acids is 2. The van der Waals surface area contributed by atoms with Crippen LogP contribution in [0.1, 0.15) is 32.3 Å². The SMILES string of the molecule is CN1C(=O)C(C)(C)c2cc(S(=O)(=O)N3CCC[C@@H](C(=O)Nc4ccc(F)cc4)C3)ccc21. The summed E-state index contributed by atoms with van der Waals surface area (Å²) in [5.41, 5.74) is 1.03. The maximum Gasteiger partial charge on any atom is 0.243 e. The number of halogens is 1. The Hall–Kier alpha value is -2.78. The van der Waals surface area contributed by atoms with Crippen molar-refractivity contribution in [3.05, 3.63) is 53.8 Å². The molecule has 2 amide bonds. The highest BCUT2D eigenvalue weighted by atomic mass is 32.2. The lowest BCUT2D eigenvalue weighted by Gasteiger charge is -2.31. The number of anilines is 2. The van der Waals surface area contributed by atoms with Gasteiger partial charge in [0.05, 0.1) is 16.2 Å². The van der Waals surface area contributed by atoms with E-state index in [0.29, 0.717) is 36.3 Å². The van der Waals surface area contributed by atoms with Gasteiger partial charge in [-0.3, -0.25) is 9.59 Å². The van der Waals surface area contributed by atoms with Crippen molar-refractivity contribution >= 4 is 33.2 Å². The van der Waals surface area contributed by atoms with Gasteiger partial charge in [0.2, 0.25) is 21.8 Å². The predicted molar refractivity (Wildman–Crippen MR) is 119 cm³/mol. The van der Waals surface area contributed by atoms with Gasteiger partial charge in [-0.2, -0.15) is 4.31 Å². The van der Waals surface area contributed by atoms with E-state index >= 15 is 0 Å². The second-order valence-electron chi connectivity index (χ2n) is 8.87. The fraction of sp³-hybridized carbons (Fsp3) is 0.391. The van der Waals surface area contributed by atoms with Crippen LogP contribution in [0, 0.1) is 11.7 Å². The highest BCUT2D eigenvalue weighted by Crippen LogP contribution is 2.42. The van der Waals surface area contributed by atoms with Crippen LogP contribution in [0.3, 0.4) is 0 Å². The van der Waals surface area contributed by atoms with Crippen molar-refractivity contribution < 1.29 is 22.4 Å². The molecule has 0 aromatic heterocycles. The van der Waals surface area contributed by atoms with Crippen molar-refractivity contribution in [1.29, 1.82) is 0 Å². The minimum atomic E-state index is -3.84. The highest BCUT2D eigenvalue weighted by molar-refractivity contribution is 7.89. The Kier molecular flexibility index (Phi) is 5.58. The maximum absolute atomic E-state index is 13.4. The maximum atomic E-state index is 13.4. The van der Waals surface area contributed by atoms with E-state index in [0.717, 1.165) is 0 Å². The third-order valence-electron chi connectivity index (χ3n) is 6.35. The molecular weight excluding hydrogens is 433 g/mol. The van der Waals surface area contributed by atoms with Crippen LogP contribution in [-0.4, -0.2) is 44.7 Å². The first-order chi connectivity index (χ1) is 15.0. The Morgan fingerprint density at radius 2 is 1.84 bits per heavy atom. The van der Waals surface area contributed by atoms with Gasteiger partial charge in [0, 0.05) is 31.5 Å². The van der Waals surface area contributed by atoms with E-state index in [2.05, 4.69) is 5.32 Å². The largest absolute Gasteiger partial charge is 0.326 e. The van der Waals surface area contributed by atoms with Crippen molar-refractivity contribution in [2.24, 2.45) is 5.92 Å². The first kappa shape index (κ1) is 22.4. The van der Waals surface area contributed by atoms with Gasteiger partial charge in [0.25, 0.3) is 0 Å². The lowest BCUT2D eigenvalue weighted by molar-refractivity contribution is -0.122. The van der Waals surface area contributed by atoms with E-state index in [-0.39, 0.29) is 23.3 Å². The Bertz CT molecular complexity index is 1180. The van der Waals surface area contributed by atoms with Crippen LogP contribution < -0.4 is 10.2 Å². The topological polar surface area (TPSA) is 86.8 Å². The number of hydrogen-bond donors (Lipinski definition) is 1. The van der Waals surface area contributed by atoms with E-state index in [1.54, 1.807) is 37.9 Å². The number of nitrogens with zero attached hydrogens (tertiary/aromatic N) is 2. The standard InChI is InChI=1S/C23H26FN3O4S/c1-23(2)19-13-18(10-11-20(19)26(3)22(23)29)32(30,31)27-12-4-5-15(14-27)21(28)25-17-8-6-16(24)7-9-17/h6-11,13,15H,4-5,12,14H2,1-3H3,(H,25,28)/t15-/m1/s1. The van der Waals surface area contributed by atoms with Crippen molar-refractivity contribution in [3.63, 3.8) is 0 Å². The molecule has 0 saturated carbocycles. The van der Waals surface area contributed by atoms with Gasteiger partial charge in [0.15, 0.2) is 0 Å². The highest BCUT2D eigenvalue weighted by Gasteiger charge is 2.43. The minimum Gasteiger partial charge on any atom is -0.326 e. The Morgan fingerprint density at radius 3 is 2.53 bits per heavy atom. The molecule has 170 valence electrons. The first-order valence-electron chi connectivity index (χ1n) is 10.5. The van der Waals surface area contributed by atoms with Gasteiger partial charge in [0.1, 0.15) is 5.82 Å². The quantitative estimate of drug-likeness (QED) is 0.761. The number of amides is 2. The van der Waals surface area contributed by atoms with Gasteiger partial charge >= 0.3 is 0 Å². The molecule has 2 aliphatic rings. The molecular formula is C23H26FN3O4S. The summed E-state index contributed by atoms with van der Waals surface area (Å²) in [6.45, 7) is 3.95. The number of fused-ring (bicyclic) bond motifs is 1. The molecule has 1 atom stereocenters. The van der Waals surface area contributed by atoms with Crippen LogP contribution >= 0.6 is 0 Å². The zero-order valence-electron chi connectivity index (χ0n) is 18.3. The van der Waals surface area contributed by atoms with Crippen molar-refractivity contribution in [3.8, 4) is 0 Å². The van der Waals surface area contributed by atoms with Gasteiger partial charge in [-0.05, 0) is 74.7 Å². The minimum absolute atomic E-state index is 0.0642. The number of sulfonamides is 1. The molecule has 0 unspecified atom stereocenters. The van der Waals surface area contributed by atoms with Crippen LogP contribution in [0.4, 0.5) is 15.8 Å². The molecule has 32 heavy (non-hydrogen) atoms. The van der Waals surface area contributed by atoms with Crippen LogP contribution in [0.15, 0.2) is 47.4 Å². The molecule has 7 nitrogen and oxygen atoms in total. The van der Waals surface area contributed by atoms with Crippen LogP contribution in [0.5, 0.6) is 0 Å². The van der Waals surface area contributed by atoms with E-state index in [4.69, 9.17) is 0 Å². The van der Waals surface area contributed by atoms with E-state index < -0.39 is 27.2 Å². The summed E-state index contributed by atoms with van der Waals surface area (Å²) >= 11 is 0. The molecule has 0 radical (unpaired) electrons. The fourth-order valence-corrected chi connectivity index (χ4v) is 5.96. The van der Waals surface area contributed by atoms with Crippen molar-refractivity contribution in [1.82, 2.24) is 4.31 Å². The van der Waals surface area contributed by atoms with E-state index in [1.165, 1.54) is 34.6 Å². The summed E-state index contributed by atoms with van der Waals surface area (Å²) < 4.78 is 41.2. The summed E-state index contributed by atoms with van der Waals surface area (Å²) in [4.78, 5) is 26.9. The van der Waals surface area contributed by atoms with Crippen molar-refractivity contribution in [2.45, 2.75) is 37.0 Å². The van der Waals surface area contributed by atoms with Crippen LogP contribution in [-0.2, 0) is 25.0 Å². The van der Waals surface area contributed by atoms with Gasteiger partial charge in [-0.25, -0.2) is 12.8 Å². The van der Waals surface area contributed by atoms with E-state index in [9.17, 15) is 22.4 Å². The third-order valence-corrected chi connectivity index (χ3v) is 8.21. The molecule has 1 N–H and O–H groups in total. The number of benzene rings is 2. The predicted octanol–water partition coefficient (Wildman–Crippen LogP) is 3.12. The molecule has 2 aromatic carbocycles. The average molecular weight is 460 g/mol. The summed E-state index contributed by atoms with van der Waals surface area (Å²) in [7, 11) is -2.16. The molecule has 0 aliphatic carbocycles. The number of hydrogen-bond acceptors (Lipinski definition) is 4. The van der Waals surface area contributed by atoms with Gasteiger partial charge in [-0.1, -0.05) is 0 Å². The molecule has 2 aliphatic heterocycles. The molecule has 1 saturated heterocycles. The number of likely N-dealkylation sites (N-methyl/N-ethyl adjacent to an activating group) is 1. The monoisotopic (exact) mass is 459 g/mol. The number of rotatable bonds is 4. The fourth-order valence-electron chi connectivity index (χ4n) is 4.41. The lowest BCUT2D eigenvalue weighted by atomic mass is 9.86. The Balaban J connectivity index is 1.54. The van der Waals surface area contributed by atoms with E-state index in [1.807, 2.05) is 0 Å². The Morgan fingerprint density at radius 1 is 1.16 bits per heavy atom. The molecule has 0 spiro atoms. The normalized spacial score (nSPS) is 20.8. The summed E-state index contributed by atoms with van der Waals surface area (Å²) in [5, 5.41) is 2.73. The zero-order chi connectivity index (χ0) is 23.3. The Labute approximate surface area is 187 Å². The first-order valence-corrected chi connectivity index (χ1v) is 11.9. The summed E-state index contributed by atoms with van der Waals surface area (Å²) in [6.07, 6.45) is 1.12. The van der Waals surface area contributed by atoms with Gasteiger partial charge in [-0.15, -0.1) is 0 Å². The molecule has 0 bridgehead atoms. The number of nitrogens with one attached hydrogen (secondary N) is 1. The number of carbonyl (C=O) groups is 2. The summed E-state index contributed by atoms with van der Waals surface area (Å²) in [6, 6.07) is 10.2. The third kappa shape index (κ3) is 3.80. The molecule has 2 aromatic rings. The van der Waals surface area contributed by atoms with Crippen molar-refractivity contribution in [2.75, 3.05) is 30.4 Å². The lowest BCUT2D eigenvalue weighted by Crippen LogP contribution is -2.43. The van der Waals surface area contributed by atoms with Crippen LogP contribution in [0.25, 0.3) is 0 Å². The average Bonchev–Trinajstić information content (AvgIpc) is 2.95. The summed E-state index contributed by atoms with van der Waals surface area (Å²) in [5.74, 6) is -1.29. The molecule has 1 fully saturated rings. The van der Waals surface area contributed by atoms with Gasteiger partial charge < -0.3 is 10.2 Å². The molecule has 9 heteroatoms. The second kappa shape index (κ2) is 7.97. The second-order valence-corrected chi connectivity index (χ2v) is 10.8.